The summed E-state index contributed by atoms with van der Waals surface area (Å²) in [4.78, 5) is 18.4. The number of hydrogen-bond acceptors (Lipinski definition) is 4. The quantitative estimate of drug-likeness (QED) is 0.805. The van der Waals surface area contributed by atoms with Crippen LogP contribution >= 0.6 is 0 Å². The Bertz CT molecular complexity index is 444. The van der Waals surface area contributed by atoms with Crippen molar-refractivity contribution in [3.05, 3.63) is 30.1 Å². The molecule has 0 saturated heterocycles. The average molecular weight is 305 g/mol. The molecular weight excluding hydrogens is 278 g/mol. The molecule has 1 fully saturated rings. The number of aliphatic hydroxyl groups excluding tert-OH is 1. The molecule has 1 aromatic heterocycles. The normalized spacial score (nSPS) is 17.4. The number of amides is 1. The number of nitrogens with zero attached hydrogens (tertiary/aromatic N) is 2. The number of nitrogens with one attached hydrogen (secondary N) is 1. The van der Waals surface area contributed by atoms with E-state index in [0.717, 1.165) is 18.4 Å². The van der Waals surface area contributed by atoms with Crippen LogP contribution in [0.15, 0.2) is 24.5 Å². The third kappa shape index (κ3) is 5.73. The predicted molar refractivity (Wildman–Crippen MR) is 86.2 cm³/mol. The van der Waals surface area contributed by atoms with Gasteiger partial charge in [-0.3, -0.25) is 14.7 Å². The van der Waals surface area contributed by atoms with Crippen molar-refractivity contribution in [3.63, 3.8) is 0 Å². The van der Waals surface area contributed by atoms with Gasteiger partial charge in [0.15, 0.2) is 0 Å². The molecule has 2 N–H and O–H groups in total. The number of carbonyl (C=O) groups is 1. The van der Waals surface area contributed by atoms with Crippen LogP contribution in [-0.2, 0) is 11.3 Å². The zero-order valence-electron chi connectivity index (χ0n) is 13.4. The van der Waals surface area contributed by atoms with E-state index in [1.165, 1.54) is 19.3 Å². The fourth-order valence-corrected chi connectivity index (χ4v) is 3.07. The minimum atomic E-state index is -0.409. The van der Waals surface area contributed by atoms with Crippen LogP contribution in [0, 0.1) is 0 Å². The van der Waals surface area contributed by atoms with Gasteiger partial charge in [0.2, 0.25) is 5.91 Å². The Hall–Kier alpha value is -1.46. The topological polar surface area (TPSA) is 65.5 Å². The van der Waals surface area contributed by atoms with E-state index in [4.69, 9.17) is 0 Å². The third-order valence-corrected chi connectivity index (χ3v) is 4.15. The Morgan fingerprint density at radius 3 is 2.86 bits per heavy atom. The van der Waals surface area contributed by atoms with Crippen molar-refractivity contribution in [1.82, 2.24) is 15.2 Å². The summed E-state index contributed by atoms with van der Waals surface area (Å²) in [6.45, 7) is 3.20. The summed E-state index contributed by atoms with van der Waals surface area (Å²) in [6.07, 6.45) is 9.05. The molecule has 0 spiro atoms. The molecule has 122 valence electrons. The van der Waals surface area contributed by atoms with Crippen molar-refractivity contribution in [2.45, 2.75) is 57.7 Å². The zero-order chi connectivity index (χ0) is 15.8. The third-order valence-electron chi connectivity index (χ3n) is 4.15. The van der Waals surface area contributed by atoms with E-state index in [1.807, 2.05) is 12.1 Å². The maximum atomic E-state index is 12.2. The number of pyridine rings is 1. The molecule has 0 bridgehead atoms. The average Bonchev–Trinajstić information content (AvgIpc) is 2.54. The summed E-state index contributed by atoms with van der Waals surface area (Å²) < 4.78 is 0. The van der Waals surface area contributed by atoms with Crippen molar-refractivity contribution in [2.24, 2.45) is 0 Å². The van der Waals surface area contributed by atoms with E-state index in [1.54, 1.807) is 19.3 Å². The minimum Gasteiger partial charge on any atom is -0.392 e. The van der Waals surface area contributed by atoms with Crippen LogP contribution < -0.4 is 5.32 Å². The lowest BCUT2D eigenvalue weighted by Gasteiger charge is -2.34. The minimum absolute atomic E-state index is 0.00933. The van der Waals surface area contributed by atoms with Gasteiger partial charge in [-0.2, -0.15) is 0 Å². The van der Waals surface area contributed by atoms with Crippen molar-refractivity contribution >= 4 is 5.91 Å². The highest BCUT2D eigenvalue weighted by molar-refractivity contribution is 5.78. The molecule has 0 radical (unpaired) electrons. The summed E-state index contributed by atoms with van der Waals surface area (Å²) in [5, 5.41) is 12.6. The fraction of sp³-hybridized carbons (Fsp3) is 0.647. The van der Waals surface area contributed by atoms with Crippen LogP contribution in [-0.4, -0.2) is 46.1 Å². The second-order valence-electron chi connectivity index (χ2n) is 6.21. The van der Waals surface area contributed by atoms with Crippen LogP contribution in [0.25, 0.3) is 0 Å². The summed E-state index contributed by atoms with van der Waals surface area (Å²) in [5.41, 5.74) is 0.996. The molecule has 5 heteroatoms. The first-order chi connectivity index (χ1) is 10.6. The van der Waals surface area contributed by atoms with Gasteiger partial charge < -0.3 is 10.4 Å². The monoisotopic (exact) mass is 305 g/mol. The number of aromatic nitrogens is 1. The van der Waals surface area contributed by atoms with Crippen LogP contribution in [0.4, 0.5) is 0 Å². The molecular formula is C17H27N3O2. The molecule has 1 aliphatic carbocycles. The van der Waals surface area contributed by atoms with Gasteiger partial charge in [-0.15, -0.1) is 0 Å². The lowest BCUT2D eigenvalue weighted by Crippen LogP contribution is -2.46. The summed E-state index contributed by atoms with van der Waals surface area (Å²) >= 11 is 0. The van der Waals surface area contributed by atoms with E-state index >= 15 is 0 Å². The van der Waals surface area contributed by atoms with Crippen molar-refractivity contribution in [3.8, 4) is 0 Å². The number of carbonyl (C=O) groups excluding carboxylic acids is 1. The van der Waals surface area contributed by atoms with Crippen molar-refractivity contribution in [2.75, 3.05) is 13.1 Å². The van der Waals surface area contributed by atoms with Gasteiger partial charge >= 0.3 is 0 Å². The molecule has 1 unspecified atom stereocenters. The van der Waals surface area contributed by atoms with Crippen LogP contribution in [0.2, 0.25) is 0 Å². The van der Waals surface area contributed by atoms with Crippen LogP contribution in [0.5, 0.6) is 0 Å². The summed E-state index contributed by atoms with van der Waals surface area (Å²) in [6, 6.07) is 4.23. The Labute approximate surface area is 132 Å². The van der Waals surface area contributed by atoms with Gasteiger partial charge in [-0.05, 0) is 31.4 Å². The molecule has 5 nitrogen and oxygen atoms in total. The first-order valence-electron chi connectivity index (χ1n) is 8.23. The lowest BCUT2D eigenvalue weighted by molar-refractivity contribution is -0.123. The number of aliphatic hydroxyl groups is 1. The van der Waals surface area contributed by atoms with E-state index in [9.17, 15) is 9.90 Å². The number of rotatable bonds is 7. The highest BCUT2D eigenvalue weighted by Crippen LogP contribution is 2.22. The first-order valence-corrected chi connectivity index (χ1v) is 8.23. The summed E-state index contributed by atoms with van der Waals surface area (Å²) in [7, 11) is 0. The van der Waals surface area contributed by atoms with E-state index in [0.29, 0.717) is 25.7 Å². The van der Waals surface area contributed by atoms with Gasteiger partial charge in [0.1, 0.15) is 0 Å². The Kier molecular flexibility index (Phi) is 6.80. The Morgan fingerprint density at radius 1 is 1.45 bits per heavy atom. The van der Waals surface area contributed by atoms with E-state index in [-0.39, 0.29) is 5.91 Å². The van der Waals surface area contributed by atoms with Gasteiger partial charge in [0, 0.05) is 31.5 Å². The molecule has 1 heterocycles. The van der Waals surface area contributed by atoms with Crippen LogP contribution in [0.1, 0.15) is 44.6 Å². The molecule has 1 atom stereocenters. The standard InChI is InChI=1S/C17H27N3O2/c1-14(21)12-20(16-7-3-2-4-8-16)13-17(22)19-11-15-6-5-9-18-10-15/h5-6,9-10,14,16,21H,2-4,7-8,11-13H2,1H3,(H,19,22). The molecule has 0 aliphatic heterocycles. The van der Waals surface area contributed by atoms with Gasteiger partial charge in [-0.1, -0.05) is 25.3 Å². The zero-order valence-corrected chi connectivity index (χ0v) is 13.4. The molecule has 1 aromatic rings. The molecule has 22 heavy (non-hydrogen) atoms. The highest BCUT2D eigenvalue weighted by atomic mass is 16.3. The van der Waals surface area contributed by atoms with Crippen LogP contribution in [0.3, 0.4) is 0 Å². The Balaban J connectivity index is 1.84. The van der Waals surface area contributed by atoms with E-state index in [2.05, 4.69) is 15.2 Å². The Morgan fingerprint density at radius 2 is 2.23 bits per heavy atom. The van der Waals surface area contributed by atoms with Gasteiger partial charge in [0.05, 0.1) is 12.6 Å². The predicted octanol–water partition coefficient (Wildman–Crippen LogP) is 1.71. The molecule has 1 aliphatic rings. The fourth-order valence-electron chi connectivity index (χ4n) is 3.07. The molecule has 0 aromatic carbocycles. The molecule has 2 rings (SSSR count). The molecule has 1 amide bonds. The van der Waals surface area contributed by atoms with Crippen molar-refractivity contribution < 1.29 is 9.90 Å². The van der Waals surface area contributed by atoms with E-state index < -0.39 is 6.10 Å². The lowest BCUT2D eigenvalue weighted by atomic mass is 9.94. The maximum absolute atomic E-state index is 12.2. The molecule has 1 saturated carbocycles. The van der Waals surface area contributed by atoms with Gasteiger partial charge in [-0.25, -0.2) is 0 Å². The summed E-state index contributed by atoms with van der Waals surface area (Å²) in [5.74, 6) is 0.00933. The number of hydrogen-bond donors (Lipinski definition) is 2. The second-order valence-corrected chi connectivity index (χ2v) is 6.21. The maximum Gasteiger partial charge on any atom is 0.234 e. The SMILES string of the molecule is CC(O)CN(CC(=O)NCc1cccnc1)C1CCCCC1. The largest absolute Gasteiger partial charge is 0.392 e. The highest BCUT2D eigenvalue weighted by Gasteiger charge is 2.23. The van der Waals surface area contributed by atoms with Gasteiger partial charge in [0.25, 0.3) is 0 Å². The second kappa shape index (κ2) is 8.86. The van der Waals surface area contributed by atoms with Crippen molar-refractivity contribution in [1.29, 1.82) is 0 Å². The smallest absolute Gasteiger partial charge is 0.234 e. The first kappa shape index (κ1) is 16.9.